The number of aromatic nitrogens is 2. The Morgan fingerprint density at radius 3 is 3.04 bits per heavy atom. The van der Waals surface area contributed by atoms with Gasteiger partial charge in [0.05, 0.1) is 6.61 Å². The maximum Gasteiger partial charge on any atom is 0.272 e. The van der Waals surface area contributed by atoms with Crippen LogP contribution in [-0.4, -0.2) is 40.5 Å². The van der Waals surface area contributed by atoms with Gasteiger partial charge in [0.2, 0.25) is 5.88 Å². The van der Waals surface area contributed by atoms with Gasteiger partial charge in [-0.3, -0.25) is 4.79 Å². The smallest absolute Gasteiger partial charge is 0.272 e. The zero-order chi connectivity index (χ0) is 17.3. The first-order valence-corrected chi connectivity index (χ1v) is 8.93. The Morgan fingerprint density at radius 1 is 1.32 bits per heavy atom. The first-order chi connectivity index (χ1) is 12.2. The molecule has 1 aliphatic carbocycles. The van der Waals surface area contributed by atoms with Crippen LogP contribution in [0.5, 0.6) is 5.88 Å². The van der Waals surface area contributed by atoms with E-state index in [2.05, 4.69) is 9.97 Å². The van der Waals surface area contributed by atoms with Crippen molar-refractivity contribution < 1.29 is 9.53 Å². The molecule has 3 heterocycles. The summed E-state index contributed by atoms with van der Waals surface area (Å²) in [5.74, 6) is 1.20. The Labute approximate surface area is 148 Å². The number of carbonyl (C=O) groups excluding carboxylic acids is 1. The number of pyridine rings is 2. The van der Waals surface area contributed by atoms with Crippen molar-refractivity contribution in [2.45, 2.75) is 26.2 Å². The summed E-state index contributed by atoms with van der Waals surface area (Å²) in [5, 5.41) is 0. The number of aryl methyl sites for hydroxylation is 1. The average molecular weight is 337 g/mol. The lowest BCUT2D eigenvalue weighted by molar-refractivity contribution is 0.0739. The summed E-state index contributed by atoms with van der Waals surface area (Å²) in [6.45, 7) is 4.09. The van der Waals surface area contributed by atoms with Gasteiger partial charge in [-0.1, -0.05) is 18.6 Å². The van der Waals surface area contributed by atoms with Gasteiger partial charge in [0.1, 0.15) is 5.69 Å². The topological polar surface area (TPSA) is 55.3 Å². The van der Waals surface area contributed by atoms with Gasteiger partial charge < -0.3 is 9.64 Å². The molecule has 0 radical (unpaired) electrons. The van der Waals surface area contributed by atoms with E-state index in [0.29, 0.717) is 24.1 Å². The highest BCUT2D eigenvalue weighted by atomic mass is 16.5. The van der Waals surface area contributed by atoms with E-state index in [4.69, 9.17) is 4.74 Å². The second-order valence-electron chi connectivity index (χ2n) is 7.26. The van der Waals surface area contributed by atoms with Crippen LogP contribution in [0.2, 0.25) is 0 Å². The molecule has 2 aromatic heterocycles. The minimum atomic E-state index is 0.0373. The second kappa shape index (κ2) is 6.47. The quantitative estimate of drug-likeness (QED) is 0.860. The zero-order valence-electron chi connectivity index (χ0n) is 14.5. The number of hydrogen-bond donors (Lipinski definition) is 0. The maximum absolute atomic E-state index is 12.9. The number of amides is 1. The number of carbonyl (C=O) groups is 1. The summed E-state index contributed by atoms with van der Waals surface area (Å²) in [6, 6.07) is 11.3. The highest BCUT2D eigenvalue weighted by molar-refractivity contribution is 5.92. The van der Waals surface area contributed by atoms with Crippen LogP contribution >= 0.6 is 0 Å². The number of likely N-dealkylation sites (tertiary alicyclic amines) is 1. The zero-order valence-corrected chi connectivity index (χ0v) is 14.5. The Kier molecular flexibility index (Phi) is 4.15. The van der Waals surface area contributed by atoms with E-state index in [1.54, 1.807) is 12.3 Å². The number of fused-ring (bicyclic) bond motifs is 1. The third kappa shape index (κ3) is 3.11. The van der Waals surface area contributed by atoms with Crippen LogP contribution in [0.1, 0.15) is 35.4 Å². The maximum atomic E-state index is 12.9. The third-order valence-corrected chi connectivity index (χ3v) is 5.58. The van der Waals surface area contributed by atoms with Crippen LogP contribution in [0.15, 0.2) is 42.6 Å². The minimum Gasteiger partial charge on any atom is -0.477 e. The summed E-state index contributed by atoms with van der Waals surface area (Å²) in [5.41, 5.74) is 1.47. The van der Waals surface area contributed by atoms with Gasteiger partial charge in [-0.15, -0.1) is 0 Å². The van der Waals surface area contributed by atoms with E-state index in [-0.39, 0.29) is 11.3 Å². The van der Waals surface area contributed by atoms with E-state index in [1.165, 1.54) is 6.42 Å². The number of rotatable bonds is 4. The molecule has 0 spiro atoms. The van der Waals surface area contributed by atoms with Gasteiger partial charge in [0, 0.05) is 36.5 Å². The normalized spacial score (nSPS) is 25.0. The molecular formula is C20H23N3O2. The summed E-state index contributed by atoms with van der Waals surface area (Å²) in [6.07, 6.45) is 5.22. The van der Waals surface area contributed by atoms with Gasteiger partial charge in [-0.2, -0.15) is 0 Å². The molecule has 0 aromatic carbocycles. The fraction of sp³-hybridized carbons (Fsp3) is 0.450. The Balaban J connectivity index is 1.48. The summed E-state index contributed by atoms with van der Waals surface area (Å²) < 4.78 is 5.98. The SMILES string of the molecule is Cc1cccc(C(=O)N2C[C@H]3CCC[C@@]3(COc3ccccn3)C2)n1. The van der Waals surface area contributed by atoms with Crippen molar-refractivity contribution in [3.05, 3.63) is 54.0 Å². The molecule has 1 saturated carbocycles. The summed E-state index contributed by atoms with van der Waals surface area (Å²) in [4.78, 5) is 23.5. The van der Waals surface area contributed by atoms with E-state index in [0.717, 1.165) is 31.6 Å². The first-order valence-electron chi connectivity index (χ1n) is 8.93. The van der Waals surface area contributed by atoms with Crippen LogP contribution in [0.25, 0.3) is 0 Å². The molecule has 1 aliphatic heterocycles. The van der Waals surface area contributed by atoms with Gasteiger partial charge in [0.15, 0.2) is 0 Å². The molecule has 25 heavy (non-hydrogen) atoms. The molecule has 0 bridgehead atoms. The van der Waals surface area contributed by atoms with Crippen LogP contribution in [0, 0.1) is 18.3 Å². The third-order valence-electron chi connectivity index (χ3n) is 5.58. The van der Waals surface area contributed by atoms with Crippen molar-refractivity contribution in [1.82, 2.24) is 14.9 Å². The fourth-order valence-corrected chi connectivity index (χ4v) is 4.28. The summed E-state index contributed by atoms with van der Waals surface area (Å²) in [7, 11) is 0. The molecule has 130 valence electrons. The molecule has 1 amide bonds. The molecule has 4 rings (SSSR count). The average Bonchev–Trinajstić information content (AvgIpc) is 3.17. The van der Waals surface area contributed by atoms with E-state index in [1.807, 2.05) is 42.2 Å². The molecule has 2 fully saturated rings. The fourth-order valence-electron chi connectivity index (χ4n) is 4.28. The molecule has 5 heteroatoms. The van der Waals surface area contributed by atoms with E-state index >= 15 is 0 Å². The Hall–Kier alpha value is -2.43. The first kappa shape index (κ1) is 16.1. The lowest BCUT2D eigenvalue weighted by Crippen LogP contribution is -2.36. The molecular weight excluding hydrogens is 314 g/mol. The molecule has 2 aliphatic rings. The molecule has 2 atom stereocenters. The predicted molar refractivity (Wildman–Crippen MR) is 94.4 cm³/mol. The molecule has 2 aromatic rings. The highest BCUT2D eigenvalue weighted by Gasteiger charge is 2.51. The van der Waals surface area contributed by atoms with E-state index < -0.39 is 0 Å². The van der Waals surface area contributed by atoms with Gasteiger partial charge in [0.25, 0.3) is 5.91 Å². The predicted octanol–water partition coefficient (Wildman–Crippen LogP) is 3.11. The molecule has 0 unspecified atom stereocenters. The van der Waals surface area contributed by atoms with Crippen molar-refractivity contribution in [2.24, 2.45) is 11.3 Å². The second-order valence-corrected chi connectivity index (χ2v) is 7.26. The molecule has 0 N–H and O–H groups in total. The number of nitrogens with zero attached hydrogens (tertiary/aromatic N) is 3. The number of ether oxygens (including phenoxy) is 1. The standard InChI is InChI=1S/C20H23N3O2/c1-15-6-4-8-17(22-15)19(24)23-12-16-7-5-10-20(16,13-23)14-25-18-9-2-3-11-21-18/h2-4,6,8-9,11,16H,5,7,10,12-14H2,1H3/t16-,20+/m1/s1. The van der Waals surface area contributed by atoms with Crippen LogP contribution in [0.3, 0.4) is 0 Å². The minimum absolute atomic E-state index is 0.0373. The van der Waals surface area contributed by atoms with Gasteiger partial charge in [-0.25, -0.2) is 9.97 Å². The highest BCUT2D eigenvalue weighted by Crippen LogP contribution is 2.49. The van der Waals surface area contributed by atoms with Gasteiger partial charge >= 0.3 is 0 Å². The molecule has 5 nitrogen and oxygen atoms in total. The van der Waals surface area contributed by atoms with Crippen molar-refractivity contribution in [3.63, 3.8) is 0 Å². The van der Waals surface area contributed by atoms with Crippen molar-refractivity contribution >= 4 is 5.91 Å². The van der Waals surface area contributed by atoms with Crippen molar-refractivity contribution in [1.29, 1.82) is 0 Å². The Bertz CT molecular complexity index is 765. The van der Waals surface area contributed by atoms with Crippen LogP contribution in [0.4, 0.5) is 0 Å². The van der Waals surface area contributed by atoms with Gasteiger partial charge in [-0.05, 0) is 43.9 Å². The van der Waals surface area contributed by atoms with Crippen molar-refractivity contribution in [3.8, 4) is 5.88 Å². The lowest BCUT2D eigenvalue weighted by Gasteiger charge is -2.28. The largest absolute Gasteiger partial charge is 0.477 e. The summed E-state index contributed by atoms with van der Waals surface area (Å²) >= 11 is 0. The monoisotopic (exact) mass is 337 g/mol. The Morgan fingerprint density at radius 2 is 2.24 bits per heavy atom. The van der Waals surface area contributed by atoms with Crippen LogP contribution in [-0.2, 0) is 0 Å². The molecule has 1 saturated heterocycles. The van der Waals surface area contributed by atoms with E-state index in [9.17, 15) is 4.79 Å². The number of hydrogen-bond acceptors (Lipinski definition) is 4. The van der Waals surface area contributed by atoms with Crippen LogP contribution < -0.4 is 4.74 Å². The lowest BCUT2D eigenvalue weighted by atomic mass is 9.81. The van der Waals surface area contributed by atoms with Crippen molar-refractivity contribution in [2.75, 3.05) is 19.7 Å².